The first kappa shape index (κ1) is 15.4. The molecule has 0 aliphatic carbocycles. The van der Waals surface area contributed by atoms with Crippen LogP contribution in [0.25, 0.3) is 0 Å². The summed E-state index contributed by atoms with van der Waals surface area (Å²) in [7, 11) is 3.29. The van der Waals surface area contributed by atoms with Crippen molar-refractivity contribution >= 4 is 5.97 Å². The molecular weight excluding hydrogens is 206 g/mol. The monoisotopic (exact) mass is 231 g/mol. The second-order valence-corrected chi connectivity index (χ2v) is 5.13. The van der Waals surface area contributed by atoms with Gasteiger partial charge < -0.3 is 14.7 Å². The number of aliphatic hydroxyl groups is 1. The predicted molar refractivity (Wildman–Crippen MR) is 64.1 cm³/mol. The van der Waals surface area contributed by atoms with Crippen molar-refractivity contribution in [1.82, 2.24) is 4.90 Å². The van der Waals surface area contributed by atoms with E-state index in [4.69, 9.17) is 0 Å². The molecule has 2 unspecified atom stereocenters. The highest BCUT2D eigenvalue weighted by atomic mass is 16.5. The summed E-state index contributed by atoms with van der Waals surface area (Å²) < 4.78 is 4.66. The molecule has 0 aromatic rings. The van der Waals surface area contributed by atoms with Crippen LogP contribution in [0, 0.1) is 11.8 Å². The SMILES string of the molecule is COC(=O)C(C)CN(C)CC(C)(O)C(C)C. The van der Waals surface area contributed by atoms with E-state index in [2.05, 4.69) is 4.74 Å². The van der Waals surface area contributed by atoms with E-state index >= 15 is 0 Å². The van der Waals surface area contributed by atoms with Gasteiger partial charge in [-0.15, -0.1) is 0 Å². The maximum atomic E-state index is 11.2. The van der Waals surface area contributed by atoms with Crippen molar-refractivity contribution in [2.24, 2.45) is 11.8 Å². The molecule has 0 aromatic heterocycles. The summed E-state index contributed by atoms with van der Waals surface area (Å²) in [6.45, 7) is 8.75. The predicted octanol–water partition coefficient (Wildman–Crippen LogP) is 1.13. The zero-order valence-corrected chi connectivity index (χ0v) is 11.3. The van der Waals surface area contributed by atoms with E-state index in [0.717, 1.165) is 0 Å². The number of nitrogens with zero attached hydrogens (tertiary/aromatic N) is 1. The number of carbonyl (C=O) groups excluding carboxylic acids is 1. The van der Waals surface area contributed by atoms with Crippen LogP contribution in [-0.2, 0) is 9.53 Å². The van der Waals surface area contributed by atoms with E-state index in [0.29, 0.717) is 13.1 Å². The zero-order chi connectivity index (χ0) is 12.9. The van der Waals surface area contributed by atoms with Crippen LogP contribution >= 0.6 is 0 Å². The van der Waals surface area contributed by atoms with Crippen LogP contribution in [0.3, 0.4) is 0 Å². The molecular formula is C12H25NO3. The van der Waals surface area contributed by atoms with Crippen LogP contribution < -0.4 is 0 Å². The van der Waals surface area contributed by atoms with Crippen molar-refractivity contribution in [3.63, 3.8) is 0 Å². The summed E-state index contributed by atoms with van der Waals surface area (Å²) in [5.41, 5.74) is -0.732. The molecule has 0 radical (unpaired) electrons. The standard InChI is InChI=1S/C12H25NO3/c1-9(2)12(4,15)8-13(5)7-10(3)11(14)16-6/h9-10,15H,7-8H2,1-6H3. The topological polar surface area (TPSA) is 49.8 Å². The maximum Gasteiger partial charge on any atom is 0.309 e. The summed E-state index contributed by atoms with van der Waals surface area (Å²) in [5.74, 6) is -0.197. The Balaban J connectivity index is 4.18. The lowest BCUT2D eigenvalue weighted by Crippen LogP contribution is -2.44. The lowest BCUT2D eigenvalue weighted by Gasteiger charge is -2.33. The largest absolute Gasteiger partial charge is 0.469 e. The van der Waals surface area contributed by atoms with Gasteiger partial charge in [-0.2, -0.15) is 0 Å². The molecule has 2 atom stereocenters. The molecule has 0 heterocycles. The zero-order valence-electron chi connectivity index (χ0n) is 11.3. The molecule has 1 N–H and O–H groups in total. The van der Waals surface area contributed by atoms with E-state index in [1.807, 2.05) is 39.6 Å². The first-order valence-electron chi connectivity index (χ1n) is 5.69. The third-order valence-corrected chi connectivity index (χ3v) is 3.02. The van der Waals surface area contributed by atoms with Gasteiger partial charge in [-0.25, -0.2) is 0 Å². The van der Waals surface area contributed by atoms with E-state index in [1.54, 1.807) is 0 Å². The van der Waals surface area contributed by atoms with Crippen LogP contribution in [0.1, 0.15) is 27.7 Å². The molecule has 0 fully saturated rings. The fourth-order valence-electron chi connectivity index (χ4n) is 1.54. The minimum absolute atomic E-state index is 0.169. The highest BCUT2D eigenvalue weighted by Gasteiger charge is 2.27. The second kappa shape index (κ2) is 6.21. The molecule has 0 amide bonds. The molecule has 0 saturated carbocycles. The van der Waals surface area contributed by atoms with Gasteiger partial charge in [0.05, 0.1) is 18.6 Å². The molecule has 0 aliphatic rings. The Hall–Kier alpha value is -0.610. The summed E-state index contributed by atoms with van der Waals surface area (Å²) in [5, 5.41) is 10.1. The molecule has 4 heteroatoms. The number of hydrogen-bond acceptors (Lipinski definition) is 4. The van der Waals surface area contributed by atoms with Crippen molar-refractivity contribution in [3.05, 3.63) is 0 Å². The van der Waals surface area contributed by atoms with E-state index in [-0.39, 0.29) is 17.8 Å². The molecule has 16 heavy (non-hydrogen) atoms. The summed E-state index contributed by atoms with van der Waals surface area (Å²) in [4.78, 5) is 13.2. The first-order valence-corrected chi connectivity index (χ1v) is 5.69. The summed E-state index contributed by atoms with van der Waals surface area (Å²) in [6, 6.07) is 0. The van der Waals surface area contributed by atoms with Crippen LogP contribution in [0.4, 0.5) is 0 Å². The number of hydrogen-bond donors (Lipinski definition) is 1. The fourth-order valence-corrected chi connectivity index (χ4v) is 1.54. The third-order valence-electron chi connectivity index (χ3n) is 3.02. The van der Waals surface area contributed by atoms with Gasteiger partial charge in [0.2, 0.25) is 0 Å². The van der Waals surface area contributed by atoms with Crippen LogP contribution in [0.2, 0.25) is 0 Å². The Kier molecular flexibility index (Phi) is 5.97. The van der Waals surface area contributed by atoms with E-state index in [1.165, 1.54) is 7.11 Å². The molecule has 0 aromatic carbocycles. The van der Waals surface area contributed by atoms with E-state index in [9.17, 15) is 9.90 Å². The van der Waals surface area contributed by atoms with E-state index < -0.39 is 5.60 Å². The molecule has 4 nitrogen and oxygen atoms in total. The number of rotatable bonds is 6. The highest BCUT2D eigenvalue weighted by molar-refractivity contribution is 5.72. The van der Waals surface area contributed by atoms with Gasteiger partial charge in [-0.1, -0.05) is 20.8 Å². The minimum Gasteiger partial charge on any atom is -0.469 e. The lowest BCUT2D eigenvalue weighted by atomic mass is 9.92. The Labute approximate surface area is 98.6 Å². The van der Waals surface area contributed by atoms with Crippen LogP contribution in [-0.4, -0.2) is 48.8 Å². The normalized spacial score (nSPS) is 17.3. The quantitative estimate of drug-likeness (QED) is 0.696. The number of ether oxygens (including phenoxy) is 1. The van der Waals surface area contributed by atoms with Crippen molar-refractivity contribution in [3.8, 4) is 0 Å². The second-order valence-electron chi connectivity index (χ2n) is 5.13. The lowest BCUT2D eigenvalue weighted by molar-refractivity contribution is -0.145. The van der Waals surface area contributed by atoms with Crippen LogP contribution in [0.5, 0.6) is 0 Å². The Morgan fingerprint density at radius 2 is 1.94 bits per heavy atom. The van der Waals surface area contributed by atoms with Crippen LogP contribution in [0.15, 0.2) is 0 Å². The van der Waals surface area contributed by atoms with Gasteiger partial charge >= 0.3 is 5.97 Å². The third kappa shape index (κ3) is 4.94. The Morgan fingerprint density at radius 1 is 1.44 bits per heavy atom. The molecule has 0 saturated heterocycles. The van der Waals surface area contributed by atoms with Gasteiger partial charge in [-0.3, -0.25) is 4.79 Å². The number of likely N-dealkylation sites (N-methyl/N-ethyl adjacent to an activating group) is 1. The average Bonchev–Trinajstić information content (AvgIpc) is 2.14. The van der Waals surface area contributed by atoms with Crippen molar-refractivity contribution in [2.45, 2.75) is 33.3 Å². The maximum absolute atomic E-state index is 11.2. The summed E-state index contributed by atoms with van der Waals surface area (Å²) in [6.07, 6.45) is 0. The minimum atomic E-state index is -0.732. The van der Waals surface area contributed by atoms with Gasteiger partial charge in [0.25, 0.3) is 0 Å². The van der Waals surface area contributed by atoms with Crippen molar-refractivity contribution < 1.29 is 14.6 Å². The number of methoxy groups -OCH3 is 1. The van der Waals surface area contributed by atoms with Gasteiger partial charge in [-0.05, 0) is 19.9 Å². The molecule has 0 spiro atoms. The van der Waals surface area contributed by atoms with Crippen molar-refractivity contribution in [2.75, 3.05) is 27.2 Å². The molecule has 0 rings (SSSR count). The van der Waals surface area contributed by atoms with Gasteiger partial charge in [0.1, 0.15) is 0 Å². The van der Waals surface area contributed by atoms with Gasteiger partial charge in [0.15, 0.2) is 0 Å². The highest BCUT2D eigenvalue weighted by Crippen LogP contribution is 2.17. The fraction of sp³-hybridized carbons (Fsp3) is 0.917. The van der Waals surface area contributed by atoms with Gasteiger partial charge in [0, 0.05) is 13.1 Å². The molecule has 0 aliphatic heterocycles. The molecule has 96 valence electrons. The Bertz CT molecular complexity index is 226. The Morgan fingerprint density at radius 3 is 2.31 bits per heavy atom. The number of carbonyl (C=O) groups is 1. The average molecular weight is 231 g/mol. The van der Waals surface area contributed by atoms with Crippen molar-refractivity contribution in [1.29, 1.82) is 0 Å². The summed E-state index contributed by atoms with van der Waals surface area (Å²) >= 11 is 0. The first-order chi connectivity index (χ1) is 7.20. The molecule has 0 bridgehead atoms. The number of esters is 1. The smallest absolute Gasteiger partial charge is 0.309 e.